The summed E-state index contributed by atoms with van der Waals surface area (Å²) in [6.07, 6.45) is 3.24. The van der Waals surface area contributed by atoms with Gasteiger partial charge >= 0.3 is 12.0 Å². The molecule has 0 aliphatic carbocycles. The molecule has 2 rings (SSSR count). The van der Waals surface area contributed by atoms with Gasteiger partial charge in [-0.1, -0.05) is 0 Å². The summed E-state index contributed by atoms with van der Waals surface area (Å²) in [5.74, 6) is -1.28. The van der Waals surface area contributed by atoms with Gasteiger partial charge in [0.25, 0.3) is 5.91 Å². The SMILES string of the molecule is CS(=O)(=O)N1CCC(C(=O)OCC(=O)NC(=O)NCc2ccco2)CC1. The lowest BCUT2D eigenvalue weighted by Crippen LogP contribution is -2.42. The van der Waals surface area contributed by atoms with Crippen molar-refractivity contribution in [1.82, 2.24) is 14.9 Å². The van der Waals surface area contributed by atoms with Gasteiger partial charge in [-0.2, -0.15) is 0 Å². The molecule has 0 atom stereocenters. The van der Waals surface area contributed by atoms with Crippen molar-refractivity contribution in [3.8, 4) is 0 Å². The second kappa shape index (κ2) is 8.81. The molecular weight excluding hydrogens is 366 g/mol. The van der Waals surface area contributed by atoms with Gasteiger partial charge in [0.05, 0.1) is 25.0 Å². The van der Waals surface area contributed by atoms with E-state index in [2.05, 4.69) is 5.32 Å². The molecule has 1 aliphatic rings. The number of furan rings is 1. The fourth-order valence-electron chi connectivity index (χ4n) is 2.47. The average molecular weight is 387 g/mol. The second-order valence-corrected chi connectivity index (χ2v) is 7.84. The Morgan fingerprint density at radius 2 is 2.00 bits per heavy atom. The van der Waals surface area contributed by atoms with Crippen LogP contribution in [0.4, 0.5) is 4.79 Å². The van der Waals surface area contributed by atoms with Crippen LogP contribution in [0.1, 0.15) is 18.6 Å². The number of rotatable bonds is 6. The third-order valence-electron chi connectivity index (χ3n) is 3.86. The Morgan fingerprint density at radius 1 is 1.31 bits per heavy atom. The van der Waals surface area contributed by atoms with Crippen molar-refractivity contribution < 1.29 is 32.0 Å². The molecule has 3 amide bonds. The van der Waals surface area contributed by atoms with Crippen LogP contribution in [0.15, 0.2) is 22.8 Å². The number of sulfonamides is 1. The minimum absolute atomic E-state index is 0.116. The highest BCUT2D eigenvalue weighted by molar-refractivity contribution is 7.88. The first-order chi connectivity index (χ1) is 12.3. The first-order valence-electron chi connectivity index (χ1n) is 7.97. The van der Waals surface area contributed by atoms with Crippen LogP contribution < -0.4 is 10.6 Å². The second-order valence-electron chi connectivity index (χ2n) is 5.85. The van der Waals surface area contributed by atoms with Crippen LogP contribution in [0, 0.1) is 5.92 Å². The number of carbonyl (C=O) groups is 3. The molecular formula is C15H21N3O7S. The summed E-state index contributed by atoms with van der Waals surface area (Å²) in [7, 11) is -3.27. The molecule has 1 aliphatic heterocycles. The van der Waals surface area contributed by atoms with E-state index in [1.165, 1.54) is 10.6 Å². The molecule has 2 N–H and O–H groups in total. The Kier molecular flexibility index (Phi) is 6.75. The van der Waals surface area contributed by atoms with E-state index in [0.29, 0.717) is 18.6 Å². The number of esters is 1. The number of urea groups is 1. The molecule has 0 saturated carbocycles. The van der Waals surface area contributed by atoms with Gasteiger partial charge in [0.15, 0.2) is 6.61 Å². The van der Waals surface area contributed by atoms with Crippen molar-refractivity contribution in [1.29, 1.82) is 0 Å². The molecule has 1 fully saturated rings. The Balaban J connectivity index is 1.65. The van der Waals surface area contributed by atoms with Crippen molar-refractivity contribution in [2.24, 2.45) is 5.92 Å². The monoisotopic (exact) mass is 387 g/mol. The lowest BCUT2D eigenvalue weighted by atomic mass is 9.98. The van der Waals surface area contributed by atoms with Gasteiger partial charge in [0.2, 0.25) is 10.0 Å². The van der Waals surface area contributed by atoms with E-state index in [0.717, 1.165) is 6.26 Å². The quantitative estimate of drug-likeness (QED) is 0.646. The molecule has 1 aromatic heterocycles. The predicted octanol–water partition coefficient (Wildman–Crippen LogP) is -0.180. The maximum absolute atomic E-state index is 11.9. The fourth-order valence-corrected chi connectivity index (χ4v) is 3.34. The van der Waals surface area contributed by atoms with E-state index in [-0.39, 0.29) is 19.6 Å². The van der Waals surface area contributed by atoms with E-state index in [1.807, 2.05) is 5.32 Å². The van der Waals surface area contributed by atoms with Crippen LogP contribution in [-0.4, -0.2) is 56.6 Å². The van der Waals surface area contributed by atoms with Crippen LogP contribution in [0.2, 0.25) is 0 Å². The molecule has 2 heterocycles. The zero-order chi connectivity index (χ0) is 19.2. The van der Waals surface area contributed by atoms with Crippen LogP contribution in [0.5, 0.6) is 0 Å². The predicted molar refractivity (Wildman–Crippen MR) is 89.2 cm³/mol. The number of amides is 3. The largest absolute Gasteiger partial charge is 0.467 e. The minimum Gasteiger partial charge on any atom is -0.467 e. The van der Waals surface area contributed by atoms with E-state index in [9.17, 15) is 22.8 Å². The number of nitrogens with zero attached hydrogens (tertiary/aromatic N) is 1. The smallest absolute Gasteiger partial charge is 0.321 e. The van der Waals surface area contributed by atoms with Crippen LogP contribution in [0.3, 0.4) is 0 Å². The number of nitrogens with one attached hydrogen (secondary N) is 2. The summed E-state index contributed by atoms with van der Waals surface area (Å²) < 4.78 is 34.1. The number of imide groups is 1. The molecule has 0 bridgehead atoms. The molecule has 26 heavy (non-hydrogen) atoms. The Bertz CT molecular complexity index is 737. The van der Waals surface area contributed by atoms with Gasteiger partial charge in [-0.15, -0.1) is 0 Å². The first kappa shape index (κ1) is 19.9. The fraction of sp³-hybridized carbons (Fsp3) is 0.533. The van der Waals surface area contributed by atoms with Gasteiger partial charge in [-0.3, -0.25) is 14.9 Å². The maximum Gasteiger partial charge on any atom is 0.321 e. The Morgan fingerprint density at radius 3 is 2.58 bits per heavy atom. The molecule has 10 nitrogen and oxygen atoms in total. The summed E-state index contributed by atoms with van der Waals surface area (Å²) in [6.45, 7) is 0.00404. The van der Waals surface area contributed by atoms with E-state index in [4.69, 9.17) is 9.15 Å². The summed E-state index contributed by atoms with van der Waals surface area (Å²) in [5, 5.41) is 4.45. The van der Waals surface area contributed by atoms with Gasteiger partial charge in [-0.25, -0.2) is 17.5 Å². The van der Waals surface area contributed by atoms with Gasteiger partial charge in [0.1, 0.15) is 5.76 Å². The minimum atomic E-state index is -3.27. The zero-order valence-corrected chi connectivity index (χ0v) is 15.1. The highest BCUT2D eigenvalue weighted by atomic mass is 32.2. The Labute approximate surface area is 150 Å². The molecule has 11 heteroatoms. The molecule has 1 aromatic rings. The molecule has 0 spiro atoms. The van der Waals surface area contributed by atoms with Crippen LogP contribution in [-0.2, 0) is 30.9 Å². The average Bonchev–Trinajstić information content (AvgIpc) is 3.11. The third-order valence-corrected chi connectivity index (χ3v) is 5.16. The zero-order valence-electron chi connectivity index (χ0n) is 14.3. The Hall–Kier alpha value is -2.40. The summed E-state index contributed by atoms with van der Waals surface area (Å²) >= 11 is 0. The lowest BCUT2D eigenvalue weighted by Gasteiger charge is -2.28. The lowest BCUT2D eigenvalue weighted by molar-refractivity contribution is -0.153. The van der Waals surface area contributed by atoms with Crippen molar-refractivity contribution in [3.05, 3.63) is 24.2 Å². The molecule has 1 saturated heterocycles. The highest BCUT2D eigenvalue weighted by Crippen LogP contribution is 2.20. The molecule has 144 valence electrons. The number of carbonyl (C=O) groups excluding carboxylic acids is 3. The topological polar surface area (TPSA) is 135 Å². The van der Waals surface area contributed by atoms with Crippen molar-refractivity contribution in [3.63, 3.8) is 0 Å². The van der Waals surface area contributed by atoms with E-state index >= 15 is 0 Å². The molecule has 0 unspecified atom stereocenters. The van der Waals surface area contributed by atoms with E-state index in [1.54, 1.807) is 12.1 Å². The summed E-state index contributed by atoms with van der Waals surface area (Å²) in [6, 6.07) is 2.60. The van der Waals surface area contributed by atoms with Crippen molar-refractivity contribution in [2.45, 2.75) is 19.4 Å². The number of piperidine rings is 1. The van der Waals surface area contributed by atoms with Gasteiger partial charge in [-0.05, 0) is 25.0 Å². The first-order valence-corrected chi connectivity index (χ1v) is 9.82. The van der Waals surface area contributed by atoms with Gasteiger partial charge in [0, 0.05) is 13.1 Å². The normalized spacial score (nSPS) is 16.0. The molecule has 0 aromatic carbocycles. The number of ether oxygens (including phenoxy) is 1. The van der Waals surface area contributed by atoms with Gasteiger partial charge < -0.3 is 14.5 Å². The van der Waals surface area contributed by atoms with Crippen molar-refractivity contribution in [2.75, 3.05) is 26.0 Å². The number of hydrogen-bond acceptors (Lipinski definition) is 7. The highest BCUT2D eigenvalue weighted by Gasteiger charge is 2.30. The maximum atomic E-state index is 11.9. The van der Waals surface area contributed by atoms with Crippen LogP contribution >= 0.6 is 0 Å². The van der Waals surface area contributed by atoms with E-state index < -0.39 is 40.5 Å². The number of hydrogen-bond donors (Lipinski definition) is 2. The van der Waals surface area contributed by atoms with Crippen molar-refractivity contribution >= 4 is 27.9 Å². The molecule has 0 radical (unpaired) electrons. The van der Waals surface area contributed by atoms with Crippen LogP contribution in [0.25, 0.3) is 0 Å². The third kappa shape index (κ3) is 6.15. The summed E-state index contributed by atoms with van der Waals surface area (Å²) in [4.78, 5) is 35.1. The standard InChI is InChI=1S/C15H21N3O7S/c1-26(22,23)18-6-4-11(5-7-18)14(20)25-10-13(19)17-15(21)16-9-12-3-2-8-24-12/h2-3,8,11H,4-7,9-10H2,1H3,(H2,16,17,19,21). The summed E-state index contributed by atoms with van der Waals surface area (Å²) in [5.41, 5.74) is 0.